The molecule has 0 saturated heterocycles. The zero-order valence-electron chi connectivity index (χ0n) is 9.84. The fourth-order valence-corrected chi connectivity index (χ4v) is 2.14. The number of halogens is 1. The largest absolute Gasteiger partial charge is 0.325 e. The van der Waals surface area contributed by atoms with Gasteiger partial charge in [0, 0.05) is 5.56 Å². The average Bonchev–Trinajstić information content (AvgIpc) is 2.66. The first-order chi connectivity index (χ1) is 8.02. The molecule has 0 saturated carbocycles. The second-order valence-corrected chi connectivity index (χ2v) is 4.89. The molecule has 0 spiro atoms. The van der Waals surface area contributed by atoms with Crippen LogP contribution in [0.15, 0.2) is 12.1 Å². The van der Waals surface area contributed by atoms with Gasteiger partial charge in [-0.05, 0) is 30.5 Å². The molecule has 1 aliphatic rings. The van der Waals surface area contributed by atoms with Gasteiger partial charge in [-0.2, -0.15) is 0 Å². The van der Waals surface area contributed by atoms with E-state index in [1.165, 1.54) is 0 Å². The van der Waals surface area contributed by atoms with Crippen molar-refractivity contribution in [2.75, 3.05) is 5.32 Å². The second-order valence-electron chi connectivity index (χ2n) is 4.24. The number of rotatable bonds is 3. The highest BCUT2D eigenvalue weighted by Gasteiger charge is 2.26. The molecular formula is C13H14ClNO2. The monoisotopic (exact) mass is 251 g/mol. The molecule has 0 radical (unpaired) electrons. The van der Waals surface area contributed by atoms with Crippen LogP contribution in [0.4, 0.5) is 5.69 Å². The topological polar surface area (TPSA) is 46.2 Å². The molecule has 2 rings (SSSR count). The first-order valence-electron chi connectivity index (χ1n) is 5.66. The summed E-state index contributed by atoms with van der Waals surface area (Å²) in [5.41, 5.74) is 3.13. The molecule has 1 atom stereocenters. The SMILES string of the molecule is CCc1cc2c(c(C(=O)C(C)Cl)c1)NC(=O)C2. The number of hydrogen-bond donors (Lipinski definition) is 1. The Morgan fingerprint density at radius 2 is 2.24 bits per heavy atom. The van der Waals surface area contributed by atoms with E-state index in [2.05, 4.69) is 5.32 Å². The molecule has 1 N–H and O–H groups in total. The van der Waals surface area contributed by atoms with E-state index in [0.717, 1.165) is 17.5 Å². The number of carbonyl (C=O) groups excluding carboxylic acids is 2. The van der Waals surface area contributed by atoms with Crippen molar-refractivity contribution < 1.29 is 9.59 Å². The number of ketones is 1. The summed E-state index contributed by atoms with van der Waals surface area (Å²) < 4.78 is 0. The van der Waals surface area contributed by atoms with E-state index >= 15 is 0 Å². The van der Waals surface area contributed by atoms with Crippen LogP contribution in [0.25, 0.3) is 0 Å². The minimum Gasteiger partial charge on any atom is -0.325 e. The lowest BCUT2D eigenvalue weighted by molar-refractivity contribution is -0.115. The number of aryl methyl sites for hydroxylation is 1. The lowest BCUT2D eigenvalue weighted by Crippen LogP contribution is -2.14. The number of hydrogen-bond acceptors (Lipinski definition) is 2. The molecule has 1 amide bonds. The van der Waals surface area contributed by atoms with Gasteiger partial charge in [0.1, 0.15) is 0 Å². The van der Waals surface area contributed by atoms with Crippen LogP contribution in [-0.2, 0) is 17.6 Å². The standard InChI is InChI=1S/C13H14ClNO2/c1-3-8-4-9-6-11(16)15-12(9)10(5-8)13(17)7(2)14/h4-5,7H,3,6H2,1-2H3,(H,15,16). The minimum atomic E-state index is -0.580. The normalized spacial score (nSPS) is 15.4. The highest BCUT2D eigenvalue weighted by atomic mass is 35.5. The molecule has 17 heavy (non-hydrogen) atoms. The van der Waals surface area contributed by atoms with E-state index in [1.54, 1.807) is 6.92 Å². The summed E-state index contributed by atoms with van der Waals surface area (Å²) in [7, 11) is 0. The van der Waals surface area contributed by atoms with Crippen molar-refractivity contribution in [2.24, 2.45) is 0 Å². The fourth-order valence-electron chi connectivity index (χ4n) is 2.02. The molecule has 0 aliphatic carbocycles. The molecule has 3 nitrogen and oxygen atoms in total. The number of anilines is 1. The highest BCUT2D eigenvalue weighted by Crippen LogP contribution is 2.30. The summed E-state index contributed by atoms with van der Waals surface area (Å²) in [6.07, 6.45) is 1.18. The molecule has 0 fully saturated rings. The number of Topliss-reactive ketones (excluding diaryl/α,β-unsaturated/α-hetero) is 1. The molecule has 1 heterocycles. The Bertz CT molecular complexity index is 494. The Morgan fingerprint density at radius 1 is 1.53 bits per heavy atom. The summed E-state index contributed by atoms with van der Waals surface area (Å²) in [6.45, 7) is 3.66. The van der Waals surface area contributed by atoms with Crippen LogP contribution < -0.4 is 5.32 Å². The van der Waals surface area contributed by atoms with Crippen molar-refractivity contribution >= 4 is 29.0 Å². The Kier molecular flexibility index (Phi) is 3.20. The zero-order chi connectivity index (χ0) is 12.6. The van der Waals surface area contributed by atoms with Crippen LogP contribution in [0.3, 0.4) is 0 Å². The Balaban J connectivity index is 2.55. The third-order valence-electron chi connectivity index (χ3n) is 2.93. The predicted molar refractivity (Wildman–Crippen MR) is 67.8 cm³/mol. The van der Waals surface area contributed by atoms with Gasteiger partial charge in [0.2, 0.25) is 5.91 Å². The maximum absolute atomic E-state index is 12.0. The molecule has 1 unspecified atom stereocenters. The summed E-state index contributed by atoms with van der Waals surface area (Å²) in [4.78, 5) is 23.4. The Labute approximate surface area is 105 Å². The molecule has 1 aromatic rings. The first kappa shape index (κ1) is 12.1. The Hall–Kier alpha value is -1.35. The highest BCUT2D eigenvalue weighted by molar-refractivity contribution is 6.34. The number of nitrogens with one attached hydrogen (secondary N) is 1. The van der Waals surface area contributed by atoms with E-state index in [1.807, 2.05) is 19.1 Å². The maximum Gasteiger partial charge on any atom is 0.228 e. The fraction of sp³-hybridized carbons (Fsp3) is 0.385. The van der Waals surface area contributed by atoms with Gasteiger partial charge in [0.15, 0.2) is 5.78 Å². The van der Waals surface area contributed by atoms with Crippen LogP contribution in [0.1, 0.15) is 35.3 Å². The van der Waals surface area contributed by atoms with Crippen molar-refractivity contribution in [2.45, 2.75) is 32.1 Å². The van der Waals surface area contributed by atoms with Crippen molar-refractivity contribution in [3.8, 4) is 0 Å². The van der Waals surface area contributed by atoms with Crippen LogP contribution in [-0.4, -0.2) is 17.1 Å². The van der Waals surface area contributed by atoms with Gasteiger partial charge in [0.05, 0.1) is 17.5 Å². The second kappa shape index (κ2) is 4.49. The number of carbonyl (C=O) groups is 2. The van der Waals surface area contributed by atoms with Gasteiger partial charge in [-0.1, -0.05) is 13.0 Å². The van der Waals surface area contributed by atoms with Crippen molar-refractivity contribution in [3.63, 3.8) is 0 Å². The third kappa shape index (κ3) is 2.20. The maximum atomic E-state index is 12.0. The number of benzene rings is 1. The number of alkyl halides is 1. The van der Waals surface area contributed by atoms with E-state index < -0.39 is 5.38 Å². The van der Waals surface area contributed by atoms with Crippen molar-refractivity contribution in [1.82, 2.24) is 0 Å². The summed E-state index contributed by atoms with van der Waals surface area (Å²) in [5.74, 6) is -0.204. The molecular weight excluding hydrogens is 238 g/mol. The number of fused-ring (bicyclic) bond motifs is 1. The minimum absolute atomic E-state index is 0.0653. The van der Waals surface area contributed by atoms with Gasteiger partial charge >= 0.3 is 0 Å². The zero-order valence-corrected chi connectivity index (χ0v) is 10.6. The van der Waals surface area contributed by atoms with Crippen LogP contribution >= 0.6 is 11.6 Å². The molecule has 1 aliphatic heterocycles. The summed E-state index contributed by atoms with van der Waals surface area (Å²) in [5, 5.41) is 2.15. The summed E-state index contributed by atoms with van der Waals surface area (Å²) in [6, 6.07) is 3.80. The molecule has 1 aromatic carbocycles. The summed E-state index contributed by atoms with van der Waals surface area (Å²) >= 11 is 5.83. The van der Waals surface area contributed by atoms with Crippen molar-refractivity contribution in [3.05, 3.63) is 28.8 Å². The lowest BCUT2D eigenvalue weighted by Gasteiger charge is -2.10. The van der Waals surface area contributed by atoms with E-state index in [9.17, 15) is 9.59 Å². The molecule has 90 valence electrons. The van der Waals surface area contributed by atoms with Gasteiger partial charge in [-0.25, -0.2) is 0 Å². The smallest absolute Gasteiger partial charge is 0.228 e. The van der Waals surface area contributed by atoms with E-state index in [4.69, 9.17) is 11.6 Å². The Morgan fingerprint density at radius 3 is 2.82 bits per heavy atom. The predicted octanol–water partition coefficient (Wildman–Crippen LogP) is 2.55. The van der Waals surface area contributed by atoms with Gasteiger partial charge in [-0.15, -0.1) is 11.6 Å². The molecule has 0 bridgehead atoms. The average molecular weight is 252 g/mol. The van der Waals surface area contributed by atoms with Gasteiger partial charge in [-0.3, -0.25) is 9.59 Å². The lowest BCUT2D eigenvalue weighted by atomic mass is 9.98. The third-order valence-corrected chi connectivity index (χ3v) is 3.13. The molecule has 4 heteroatoms. The number of amides is 1. The van der Waals surface area contributed by atoms with Gasteiger partial charge < -0.3 is 5.32 Å². The van der Waals surface area contributed by atoms with Crippen LogP contribution in [0.2, 0.25) is 0 Å². The quantitative estimate of drug-likeness (QED) is 0.663. The first-order valence-corrected chi connectivity index (χ1v) is 6.10. The van der Waals surface area contributed by atoms with Crippen LogP contribution in [0, 0.1) is 0 Å². The van der Waals surface area contributed by atoms with Gasteiger partial charge in [0.25, 0.3) is 0 Å². The molecule has 0 aromatic heterocycles. The van der Waals surface area contributed by atoms with Crippen LogP contribution in [0.5, 0.6) is 0 Å². The van der Waals surface area contributed by atoms with E-state index in [0.29, 0.717) is 17.7 Å². The van der Waals surface area contributed by atoms with Crippen molar-refractivity contribution in [1.29, 1.82) is 0 Å². The van der Waals surface area contributed by atoms with E-state index in [-0.39, 0.29) is 11.7 Å².